The third-order valence-electron chi connectivity index (χ3n) is 2.35. The van der Waals surface area contributed by atoms with Crippen LogP contribution in [-0.2, 0) is 7.05 Å². The molecule has 0 fully saturated rings. The van der Waals surface area contributed by atoms with E-state index in [1.165, 1.54) is 11.8 Å². The topological polar surface area (TPSA) is 67.2 Å². The van der Waals surface area contributed by atoms with E-state index in [1.807, 2.05) is 13.2 Å². The first kappa shape index (κ1) is 13.1. The van der Waals surface area contributed by atoms with Crippen LogP contribution in [0.25, 0.3) is 0 Å². The highest BCUT2D eigenvalue weighted by molar-refractivity contribution is 7.99. The van der Waals surface area contributed by atoms with Crippen LogP contribution < -0.4 is 5.32 Å². The van der Waals surface area contributed by atoms with Crippen molar-refractivity contribution in [3.63, 3.8) is 0 Å². The van der Waals surface area contributed by atoms with Crippen LogP contribution in [0.4, 0.5) is 0 Å². The molecule has 0 aliphatic heterocycles. The van der Waals surface area contributed by atoms with E-state index < -0.39 is 0 Å². The third-order valence-corrected chi connectivity index (χ3v) is 3.51. The summed E-state index contributed by atoms with van der Waals surface area (Å²) in [6.45, 7) is 1.92. The molecule has 2 N–H and O–H groups in total. The van der Waals surface area contributed by atoms with Gasteiger partial charge in [-0.1, -0.05) is 0 Å². The average molecular weight is 243 g/mol. The minimum absolute atomic E-state index is 0.00709. The molecule has 6 heteroatoms. The van der Waals surface area contributed by atoms with E-state index in [4.69, 9.17) is 5.11 Å². The summed E-state index contributed by atoms with van der Waals surface area (Å²) in [5, 5.41) is 15.9. The van der Waals surface area contributed by atoms with E-state index in [-0.39, 0.29) is 23.8 Å². The Morgan fingerprint density at radius 1 is 1.75 bits per heavy atom. The van der Waals surface area contributed by atoms with Gasteiger partial charge >= 0.3 is 0 Å². The van der Waals surface area contributed by atoms with E-state index in [0.29, 0.717) is 5.69 Å². The molecule has 0 aliphatic carbocycles. The molecule has 5 nitrogen and oxygen atoms in total. The molecule has 1 rings (SSSR count). The molecule has 0 spiro atoms. The van der Waals surface area contributed by atoms with Gasteiger partial charge in [-0.05, 0) is 19.2 Å². The molecule has 2 atom stereocenters. The van der Waals surface area contributed by atoms with Gasteiger partial charge in [0.1, 0.15) is 5.69 Å². The van der Waals surface area contributed by atoms with Crippen LogP contribution in [0, 0.1) is 0 Å². The Kier molecular flexibility index (Phi) is 4.82. The van der Waals surface area contributed by atoms with Crippen LogP contribution in [0.1, 0.15) is 17.4 Å². The number of amides is 1. The predicted molar refractivity (Wildman–Crippen MR) is 64.5 cm³/mol. The highest BCUT2D eigenvalue weighted by Gasteiger charge is 2.19. The molecule has 16 heavy (non-hydrogen) atoms. The molecule has 0 saturated heterocycles. The molecule has 0 saturated carbocycles. The number of aryl methyl sites for hydroxylation is 1. The average Bonchev–Trinajstić information content (AvgIpc) is 2.66. The van der Waals surface area contributed by atoms with Gasteiger partial charge in [0, 0.05) is 24.5 Å². The van der Waals surface area contributed by atoms with Crippen molar-refractivity contribution >= 4 is 17.7 Å². The van der Waals surface area contributed by atoms with E-state index >= 15 is 0 Å². The van der Waals surface area contributed by atoms with Gasteiger partial charge in [0.15, 0.2) is 0 Å². The number of carbonyl (C=O) groups excluding carboxylic acids is 1. The Morgan fingerprint density at radius 2 is 2.44 bits per heavy atom. The highest BCUT2D eigenvalue weighted by Crippen LogP contribution is 2.10. The van der Waals surface area contributed by atoms with Crippen LogP contribution in [-0.4, -0.2) is 44.9 Å². The summed E-state index contributed by atoms with van der Waals surface area (Å²) in [7, 11) is 1.76. The molecule has 0 aromatic carbocycles. The van der Waals surface area contributed by atoms with Gasteiger partial charge in [0.25, 0.3) is 5.91 Å². The van der Waals surface area contributed by atoms with E-state index in [9.17, 15) is 4.79 Å². The van der Waals surface area contributed by atoms with Crippen LogP contribution in [0.2, 0.25) is 0 Å². The summed E-state index contributed by atoms with van der Waals surface area (Å²) in [6, 6.07) is 1.57. The summed E-state index contributed by atoms with van der Waals surface area (Å²) in [5.41, 5.74) is 0.396. The molecule has 1 amide bonds. The summed E-state index contributed by atoms with van der Waals surface area (Å²) < 4.78 is 1.58. The fourth-order valence-electron chi connectivity index (χ4n) is 1.35. The fourth-order valence-corrected chi connectivity index (χ4v) is 1.97. The van der Waals surface area contributed by atoms with Gasteiger partial charge in [-0.15, -0.1) is 0 Å². The number of aliphatic hydroxyl groups is 1. The van der Waals surface area contributed by atoms with Gasteiger partial charge in [-0.3, -0.25) is 9.48 Å². The molecular formula is C10H17N3O2S. The maximum atomic E-state index is 11.7. The van der Waals surface area contributed by atoms with Crippen molar-refractivity contribution in [2.75, 3.05) is 12.9 Å². The zero-order chi connectivity index (χ0) is 12.1. The first-order chi connectivity index (χ1) is 7.58. The maximum absolute atomic E-state index is 11.7. The third kappa shape index (κ3) is 3.24. The molecule has 1 aromatic heterocycles. The molecule has 2 unspecified atom stereocenters. The predicted octanol–water partition coefficient (Wildman–Crippen LogP) is 0.262. The zero-order valence-electron chi connectivity index (χ0n) is 9.67. The molecule has 0 bridgehead atoms. The summed E-state index contributed by atoms with van der Waals surface area (Å²) in [6.07, 6.45) is 3.63. The minimum atomic E-state index is -0.208. The van der Waals surface area contributed by atoms with Crippen molar-refractivity contribution in [2.24, 2.45) is 7.05 Å². The van der Waals surface area contributed by atoms with E-state index in [2.05, 4.69) is 10.4 Å². The second-order valence-corrected chi connectivity index (χ2v) is 4.67. The second kappa shape index (κ2) is 5.91. The summed E-state index contributed by atoms with van der Waals surface area (Å²) in [5.74, 6) is -0.208. The number of hydrogen-bond acceptors (Lipinski definition) is 4. The van der Waals surface area contributed by atoms with Crippen molar-refractivity contribution in [3.8, 4) is 0 Å². The lowest BCUT2D eigenvalue weighted by atomic mass is 10.2. The van der Waals surface area contributed by atoms with Crippen LogP contribution in [0.3, 0.4) is 0 Å². The minimum Gasteiger partial charge on any atom is -0.395 e. The molecule has 90 valence electrons. The van der Waals surface area contributed by atoms with E-state index in [0.717, 1.165) is 0 Å². The van der Waals surface area contributed by atoms with Gasteiger partial charge in [-0.2, -0.15) is 16.9 Å². The first-order valence-electron chi connectivity index (χ1n) is 5.02. The Hall–Kier alpha value is -1.01. The number of nitrogens with zero attached hydrogens (tertiary/aromatic N) is 2. The Bertz CT molecular complexity index is 350. The number of nitrogens with one attached hydrogen (secondary N) is 1. The summed E-state index contributed by atoms with van der Waals surface area (Å²) >= 11 is 1.53. The van der Waals surface area contributed by atoms with Crippen LogP contribution in [0.15, 0.2) is 12.3 Å². The Balaban J connectivity index is 2.57. The monoisotopic (exact) mass is 243 g/mol. The number of aromatic nitrogens is 2. The number of carbonyl (C=O) groups is 1. The van der Waals surface area contributed by atoms with Crippen LogP contribution >= 0.6 is 11.8 Å². The smallest absolute Gasteiger partial charge is 0.272 e. The lowest BCUT2D eigenvalue weighted by Gasteiger charge is -2.20. The fraction of sp³-hybridized carbons (Fsp3) is 0.600. The van der Waals surface area contributed by atoms with Crippen molar-refractivity contribution in [2.45, 2.75) is 18.2 Å². The van der Waals surface area contributed by atoms with Crippen molar-refractivity contribution < 1.29 is 9.90 Å². The standard InChI is InChI=1S/C10H17N3O2S/c1-7(9(6-14)16-3)11-10(15)8-4-5-13(2)12-8/h4-5,7,9,14H,6H2,1-3H3,(H,11,15). The zero-order valence-corrected chi connectivity index (χ0v) is 10.5. The number of hydrogen-bond donors (Lipinski definition) is 2. The highest BCUT2D eigenvalue weighted by atomic mass is 32.2. The second-order valence-electron chi connectivity index (χ2n) is 3.59. The van der Waals surface area contributed by atoms with E-state index in [1.54, 1.807) is 24.0 Å². The lowest BCUT2D eigenvalue weighted by molar-refractivity contribution is 0.0930. The maximum Gasteiger partial charge on any atom is 0.272 e. The van der Waals surface area contributed by atoms with Crippen LogP contribution in [0.5, 0.6) is 0 Å². The number of rotatable bonds is 5. The van der Waals surface area contributed by atoms with Crippen molar-refractivity contribution in [1.29, 1.82) is 0 Å². The summed E-state index contributed by atoms with van der Waals surface area (Å²) in [4.78, 5) is 11.7. The molecular weight excluding hydrogens is 226 g/mol. The van der Waals surface area contributed by atoms with Gasteiger partial charge < -0.3 is 10.4 Å². The molecule has 0 radical (unpaired) electrons. The molecule has 0 aliphatic rings. The van der Waals surface area contributed by atoms with Gasteiger partial charge in [-0.25, -0.2) is 0 Å². The first-order valence-corrected chi connectivity index (χ1v) is 6.31. The number of aliphatic hydroxyl groups excluding tert-OH is 1. The Morgan fingerprint density at radius 3 is 2.88 bits per heavy atom. The quantitative estimate of drug-likeness (QED) is 0.778. The lowest BCUT2D eigenvalue weighted by Crippen LogP contribution is -2.41. The molecule has 1 heterocycles. The molecule has 1 aromatic rings. The van der Waals surface area contributed by atoms with Crippen molar-refractivity contribution in [3.05, 3.63) is 18.0 Å². The SMILES string of the molecule is CSC(CO)C(C)NC(=O)c1ccn(C)n1. The normalized spacial score (nSPS) is 14.5. The van der Waals surface area contributed by atoms with Gasteiger partial charge in [0.2, 0.25) is 0 Å². The number of thioether (sulfide) groups is 1. The van der Waals surface area contributed by atoms with Crippen molar-refractivity contribution in [1.82, 2.24) is 15.1 Å². The van der Waals surface area contributed by atoms with Gasteiger partial charge in [0.05, 0.1) is 6.61 Å². The largest absolute Gasteiger partial charge is 0.395 e. The Labute approximate surface area is 99.2 Å².